The summed E-state index contributed by atoms with van der Waals surface area (Å²) < 4.78 is 13.8. The minimum absolute atomic E-state index is 0.00239. The second-order valence-electron chi connectivity index (χ2n) is 11.1. The standard InChI is InChI=1S/C23H41ClFN9O2/c1-32-4-6-33(7-5-32)23(36)13-8-16(24)19(28-9-13)15-2-3-27-11-17(15)30-22(35)18-20(26)31-34-12-14(25)10-29-21(18)34/h13-21,27-29,31H,2-12,26H2,1H3,(H,30,35). The van der Waals surface area contributed by atoms with Crippen molar-refractivity contribution >= 4 is 23.4 Å². The number of fused-ring (bicyclic) bond motifs is 1. The molecule has 5 aliphatic heterocycles. The van der Waals surface area contributed by atoms with Gasteiger partial charge in [-0.3, -0.25) is 14.9 Å². The van der Waals surface area contributed by atoms with E-state index in [1.807, 2.05) is 4.90 Å². The van der Waals surface area contributed by atoms with E-state index in [9.17, 15) is 14.0 Å². The number of carbonyl (C=O) groups excluding carboxylic acids is 2. The molecule has 36 heavy (non-hydrogen) atoms. The molecule has 204 valence electrons. The molecule has 0 saturated carbocycles. The molecule has 0 radical (unpaired) electrons. The van der Waals surface area contributed by atoms with Crippen molar-refractivity contribution in [3.8, 4) is 0 Å². The van der Waals surface area contributed by atoms with Gasteiger partial charge in [-0.2, -0.15) is 0 Å². The van der Waals surface area contributed by atoms with E-state index in [4.69, 9.17) is 17.3 Å². The third-order valence-electron chi connectivity index (χ3n) is 8.61. The quantitative estimate of drug-likeness (QED) is 0.218. The van der Waals surface area contributed by atoms with Crippen LogP contribution in [0, 0.1) is 17.8 Å². The van der Waals surface area contributed by atoms with Crippen molar-refractivity contribution in [3.05, 3.63) is 0 Å². The molecule has 0 aromatic rings. The van der Waals surface area contributed by atoms with Crippen molar-refractivity contribution in [2.75, 3.05) is 66.0 Å². The first-order chi connectivity index (χ1) is 17.3. The molecule has 5 aliphatic rings. The monoisotopic (exact) mass is 529 g/mol. The average Bonchev–Trinajstić information content (AvgIpc) is 3.19. The summed E-state index contributed by atoms with van der Waals surface area (Å²) in [5.41, 5.74) is 9.28. The highest BCUT2D eigenvalue weighted by Gasteiger charge is 2.48. The van der Waals surface area contributed by atoms with E-state index in [-0.39, 0.29) is 60.4 Å². The first kappa shape index (κ1) is 26.5. The Morgan fingerprint density at radius 1 is 1.11 bits per heavy atom. The number of hydrogen-bond acceptors (Lipinski definition) is 9. The molecule has 2 amide bonds. The first-order valence-electron chi connectivity index (χ1n) is 13.3. The molecule has 0 aliphatic carbocycles. The molecule has 7 N–H and O–H groups in total. The number of carbonyl (C=O) groups is 2. The molecule has 0 aromatic carbocycles. The van der Waals surface area contributed by atoms with Gasteiger partial charge in [-0.05, 0) is 32.4 Å². The molecule has 5 rings (SSSR count). The largest absolute Gasteiger partial charge is 0.351 e. The van der Waals surface area contributed by atoms with E-state index < -0.39 is 18.3 Å². The van der Waals surface area contributed by atoms with Gasteiger partial charge in [0.1, 0.15) is 6.17 Å². The third kappa shape index (κ3) is 5.51. The van der Waals surface area contributed by atoms with Crippen molar-refractivity contribution in [3.63, 3.8) is 0 Å². The lowest BCUT2D eigenvalue weighted by Gasteiger charge is -2.45. The molecule has 11 nitrogen and oxygen atoms in total. The normalized spacial score (nSPS) is 42.7. The van der Waals surface area contributed by atoms with Crippen molar-refractivity contribution in [2.24, 2.45) is 23.5 Å². The number of hydrazine groups is 1. The Kier molecular flexibility index (Phi) is 8.33. The molecule has 13 heteroatoms. The van der Waals surface area contributed by atoms with Crippen LogP contribution in [0.5, 0.6) is 0 Å². The van der Waals surface area contributed by atoms with E-state index >= 15 is 0 Å². The summed E-state index contributed by atoms with van der Waals surface area (Å²) >= 11 is 6.92. The fourth-order valence-corrected chi connectivity index (χ4v) is 7.02. The van der Waals surface area contributed by atoms with Gasteiger partial charge in [0.2, 0.25) is 11.8 Å². The number of nitrogens with two attached hydrogens (primary N) is 1. The van der Waals surface area contributed by atoms with Crippen LogP contribution >= 0.6 is 11.6 Å². The smallest absolute Gasteiger partial charge is 0.229 e. The molecule has 0 bridgehead atoms. The Morgan fingerprint density at radius 2 is 1.89 bits per heavy atom. The lowest BCUT2D eigenvalue weighted by molar-refractivity contribution is -0.138. The van der Waals surface area contributed by atoms with Gasteiger partial charge in [-0.25, -0.2) is 14.8 Å². The number of piperidine rings is 2. The number of hydrogen-bond donors (Lipinski definition) is 6. The molecule has 5 fully saturated rings. The maximum absolute atomic E-state index is 13.8. The summed E-state index contributed by atoms with van der Waals surface area (Å²) in [4.78, 5) is 30.7. The zero-order valence-electron chi connectivity index (χ0n) is 21.0. The van der Waals surface area contributed by atoms with Gasteiger partial charge in [0.05, 0.1) is 29.5 Å². The predicted molar refractivity (Wildman–Crippen MR) is 135 cm³/mol. The Morgan fingerprint density at radius 3 is 2.64 bits per heavy atom. The van der Waals surface area contributed by atoms with E-state index in [0.29, 0.717) is 19.5 Å². The number of likely N-dealkylation sites (N-methyl/N-ethyl adjacent to an activating group) is 1. The Balaban J connectivity index is 1.19. The van der Waals surface area contributed by atoms with Crippen molar-refractivity contribution in [2.45, 2.75) is 48.8 Å². The maximum atomic E-state index is 13.8. The van der Waals surface area contributed by atoms with Gasteiger partial charge in [0.15, 0.2) is 0 Å². The number of piperazine rings is 1. The molecule has 5 heterocycles. The van der Waals surface area contributed by atoms with Gasteiger partial charge < -0.3 is 31.5 Å². The van der Waals surface area contributed by atoms with Crippen LogP contribution in [-0.2, 0) is 9.59 Å². The fourth-order valence-electron chi connectivity index (χ4n) is 6.53. The molecular formula is C23H41ClFN9O2. The summed E-state index contributed by atoms with van der Waals surface area (Å²) in [5.74, 6) is -0.466. The maximum Gasteiger partial charge on any atom is 0.229 e. The van der Waals surface area contributed by atoms with Crippen molar-refractivity contribution < 1.29 is 14.0 Å². The number of alkyl halides is 2. The number of nitrogens with one attached hydrogen (secondary N) is 5. The van der Waals surface area contributed by atoms with Crippen LogP contribution in [0.3, 0.4) is 0 Å². The topological polar surface area (TPSA) is 130 Å². The second kappa shape index (κ2) is 11.3. The van der Waals surface area contributed by atoms with Crippen molar-refractivity contribution in [1.82, 2.24) is 41.5 Å². The van der Waals surface area contributed by atoms with Crippen LogP contribution in [0.4, 0.5) is 4.39 Å². The van der Waals surface area contributed by atoms with Crippen LogP contribution in [0.1, 0.15) is 12.8 Å². The SMILES string of the molecule is CN1CCN(C(=O)C2CNC(C3CCNCC3NC(=O)C3C(N)NN4CC(F)CNC34)C(Cl)C2)CC1. The van der Waals surface area contributed by atoms with E-state index in [2.05, 4.69) is 38.6 Å². The van der Waals surface area contributed by atoms with Crippen LogP contribution in [0.15, 0.2) is 0 Å². The van der Waals surface area contributed by atoms with Crippen LogP contribution in [0.25, 0.3) is 0 Å². The summed E-state index contributed by atoms with van der Waals surface area (Å²) in [6.07, 6.45) is -0.415. The average molecular weight is 530 g/mol. The molecule has 0 spiro atoms. The summed E-state index contributed by atoms with van der Waals surface area (Å²) in [6, 6.07) is -0.115. The number of amides is 2. The molecule has 9 unspecified atom stereocenters. The zero-order valence-corrected chi connectivity index (χ0v) is 21.7. The van der Waals surface area contributed by atoms with Gasteiger partial charge in [0, 0.05) is 64.4 Å². The Bertz CT molecular complexity index is 804. The Labute approximate surface area is 217 Å². The summed E-state index contributed by atoms with van der Waals surface area (Å²) in [6.45, 7) is 5.85. The van der Waals surface area contributed by atoms with Gasteiger partial charge in [0.25, 0.3) is 0 Å². The van der Waals surface area contributed by atoms with Gasteiger partial charge in [-0.15, -0.1) is 11.6 Å². The first-order valence-corrected chi connectivity index (χ1v) is 13.8. The van der Waals surface area contributed by atoms with Crippen molar-refractivity contribution in [1.29, 1.82) is 0 Å². The number of halogens is 2. The highest BCUT2D eigenvalue weighted by Crippen LogP contribution is 2.31. The fraction of sp³-hybridized carbons (Fsp3) is 0.913. The molecular weight excluding hydrogens is 489 g/mol. The minimum Gasteiger partial charge on any atom is -0.351 e. The molecule has 0 aromatic heterocycles. The third-order valence-corrected chi connectivity index (χ3v) is 9.06. The van der Waals surface area contributed by atoms with E-state index in [0.717, 1.165) is 39.1 Å². The number of rotatable bonds is 4. The van der Waals surface area contributed by atoms with Gasteiger partial charge in [-0.1, -0.05) is 0 Å². The lowest BCUT2D eigenvalue weighted by atomic mass is 9.79. The minimum atomic E-state index is -1.00. The molecule has 5 saturated heterocycles. The molecule has 9 atom stereocenters. The van der Waals surface area contributed by atoms with E-state index in [1.54, 1.807) is 5.01 Å². The lowest BCUT2D eigenvalue weighted by Crippen LogP contribution is -2.64. The summed E-state index contributed by atoms with van der Waals surface area (Å²) in [5, 5.41) is 14.8. The second-order valence-corrected chi connectivity index (χ2v) is 11.6. The predicted octanol–water partition coefficient (Wildman–Crippen LogP) is -2.57. The van der Waals surface area contributed by atoms with Crippen LogP contribution in [-0.4, -0.2) is 129 Å². The highest BCUT2D eigenvalue weighted by molar-refractivity contribution is 6.21. The van der Waals surface area contributed by atoms with Crippen LogP contribution < -0.4 is 32.4 Å². The van der Waals surface area contributed by atoms with Gasteiger partial charge >= 0.3 is 0 Å². The summed E-state index contributed by atoms with van der Waals surface area (Å²) in [7, 11) is 2.08. The number of nitrogens with zero attached hydrogens (tertiary/aromatic N) is 3. The zero-order chi connectivity index (χ0) is 25.4. The highest BCUT2D eigenvalue weighted by atomic mass is 35.5. The Hall–Kier alpha value is -1.12. The van der Waals surface area contributed by atoms with E-state index in [1.165, 1.54) is 0 Å². The van der Waals surface area contributed by atoms with Crippen LogP contribution in [0.2, 0.25) is 0 Å².